The second-order valence-electron chi connectivity index (χ2n) is 4.58. The molecule has 1 aromatic carbocycles. The van der Waals surface area contributed by atoms with Crippen molar-refractivity contribution in [2.75, 3.05) is 20.8 Å². The summed E-state index contributed by atoms with van der Waals surface area (Å²) >= 11 is 5.45. The predicted octanol–water partition coefficient (Wildman–Crippen LogP) is 3.70. The Morgan fingerprint density at radius 2 is 2.16 bits per heavy atom. The number of aromatic amines is 1. The number of fused-ring (bicyclic) bond motifs is 1. The minimum absolute atomic E-state index is 0.253. The van der Waals surface area contributed by atoms with Crippen LogP contribution in [0.3, 0.4) is 0 Å². The van der Waals surface area contributed by atoms with Gasteiger partial charge in [0.2, 0.25) is 0 Å². The van der Waals surface area contributed by atoms with E-state index in [1.54, 1.807) is 14.2 Å². The van der Waals surface area contributed by atoms with Gasteiger partial charge >= 0.3 is 0 Å². The molecular formula is C14H20N2O2S. The third kappa shape index (κ3) is 2.82. The number of rotatable bonds is 6. The van der Waals surface area contributed by atoms with Crippen molar-refractivity contribution < 1.29 is 9.47 Å². The second kappa shape index (κ2) is 6.21. The smallest absolute Gasteiger partial charge is 0.178 e. The highest BCUT2D eigenvalue weighted by Crippen LogP contribution is 2.26. The van der Waals surface area contributed by atoms with Gasteiger partial charge in [-0.15, -0.1) is 0 Å². The van der Waals surface area contributed by atoms with Crippen molar-refractivity contribution in [3.05, 3.63) is 23.0 Å². The number of aromatic nitrogens is 2. The average molecular weight is 280 g/mol. The van der Waals surface area contributed by atoms with E-state index in [0.717, 1.165) is 34.4 Å². The van der Waals surface area contributed by atoms with Crippen LogP contribution in [0.25, 0.3) is 11.0 Å². The van der Waals surface area contributed by atoms with Crippen LogP contribution in [0.5, 0.6) is 5.75 Å². The molecule has 0 saturated heterocycles. The number of benzene rings is 1. The normalized spacial score (nSPS) is 12.8. The third-order valence-corrected chi connectivity index (χ3v) is 3.57. The molecule has 0 bridgehead atoms. The number of hydrogen-bond acceptors (Lipinski definition) is 3. The molecule has 0 amide bonds. The van der Waals surface area contributed by atoms with Crippen molar-refractivity contribution in [2.24, 2.45) is 0 Å². The van der Waals surface area contributed by atoms with Gasteiger partial charge in [0.25, 0.3) is 0 Å². The van der Waals surface area contributed by atoms with E-state index in [4.69, 9.17) is 21.7 Å². The zero-order valence-corrected chi connectivity index (χ0v) is 12.4. The van der Waals surface area contributed by atoms with E-state index in [1.807, 2.05) is 18.2 Å². The maximum atomic E-state index is 5.45. The van der Waals surface area contributed by atoms with E-state index in [1.165, 1.54) is 0 Å². The third-order valence-electron chi connectivity index (χ3n) is 3.27. The molecule has 1 N–H and O–H groups in total. The van der Waals surface area contributed by atoms with Crippen LogP contribution in [-0.2, 0) is 4.74 Å². The van der Waals surface area contributed by atoms with Gasteiger partial charge < -0.3 is 19.0 Å². The maximum Gasteiger partial charge on any atom is 0.178 e. The zero-order valence-electron chi connectivity index (χ0n) is 11.6. The summed E-state index contributed by atoms with van der Waals surface area (Å²) in [5, 5.41) is 0. The fourth-order valence-corrected chi connectivity index (χ4v) is 2.76. The van der Waals surface area contributed by atoms with Crippen molar-refractivity contribution in [1.82, 2.24) is 9.55 Å². The van der Waals surface area contributed by atoms with Gasteiger partial charge in [-0.3, -0.25) is 0 Å². The summed E-state index contributed by atoms with van der Waals surface area (Å²) in [6.45, 7) is 2.83. The SMILES string of the molecule is CCCC(COC)n1c(=S)[nH]c2ccc(OC)cc21. The Bertz CT molecular complexity index is 597. The Balaban J connectivity index is 2.55. The van der Waals surface area contributed by atoms with Crippen LogP contribution in [0.1, 0.15) is 25.8 Å². The Morgan fingerprint density at radius 1 is 1.37 bits per heavy atom. The Morgan fingerprint density at radius 3 is 2.79 bits per heavy atom. The van der Waals surface area contributed by atoms with Crippen LogP contribution in [-0.4, -0.2) is 30.4 Å². The summed E-state index contributed by atoms with van der Waals surface area (Å²) in [7, 11) is 3.40. The summed E-state index contributed by atoms with van der Waals surface area (Å²) < 4.78 is 13.5. The highest BCUT2D eigenvalue weighted by Gasteiger charge is 2.15. The molecule has 0 aliphatic heterocycles. The summed E-state index contributed by atoms with van der Waals surface area (Å²) in [5.74, 6) is 0.836. The fraction of sp³-hybridized carbons (Fsp3) is 0.500. The highest BCUT2D eigenvalue weighted by atomic mass is 32.1. The van der Waals surface area contributed by atoms with Crippen molar-refractivity contribution >= 4 is 23.3 Å². The van der Waals surface area contributed by atoms with E-state index >= 15 is 0 Å². The van der Waals surface area contributed by atoms with Crippen LogP contribution in [0.15, 0.2) is 18.2 Å². The Labute approximate surface area is 118 Å². The number of nitrogens with zero attached hydrogens (tertiary/aromatic N) is 1. The van der Waals surface area contributed by atoms with Gasteiger partial charge in [-0.05, 0) is 30.8 Å². The van der Waals surface area contributed by atoms with Crippen LogP contribution >= 0.6 is 12.2 Å². The highest BCUT2D eigenvalue weighted by molar-refractivity contribution is 7.71. The molecule has 104 valence electrons. The molecule has 1 atom stereocenters. The lowest BCUT2D eigenvalue weighted by atomic mass is 10.1. The zero-order chi connectivity index (χ0) is 13.8. The Hall–Kier alpha value is -1.33. The molecular weight excluding hydrogens is 260 g/mol. The first-order chi connectivity index (χ1) is 9.21. The number of ether oxygens (including phenoxy) is 2. The van der Waals surface area contributed by atoms with Crippen molar-refractivity contribution in [3.63, 3.8) is 0 Å². The summed E-state index contributed by atoms with van der Waals surface area (Å²) in [4.78, 5) is 3.24. The monoisotopic (exact) mass is 280 g/mol. The molecule has 0 saturated carbocycles. The number of methoxy groups -OCH3 is 2. The molecule has 19 heavy (non-hydrogen) atoms. The molecule has 4 nitrogen and oxygen atoms in total. The van der Waals surface area contributed by atoms with Crippen LogP contribution in [0.2, 0.25) is 0 Å². The fourth-order valence-electron chi connectivity index (χ4n) is 2.40. The minimum Gasteiger partial charge on any atom is -0.497 e. The first-order valence-corrected chi connectivity index (χ1v) is 6.89. The van der Waals surface area contributed by atoms with Gasteiger partial charge in [0.15, 0.2) is 4.77 Å². The van der Waals surface area contributed by atoms with Gasteiger partial charge in [-0.25, -0.2) is 0 Å². The van der Waals surface area contributed by atoms with Gasteiger partial charge in [0.05, 0.1) is 30.8 Å². The van der Waals surface area contributed by atoms with E-state index < -0.39 is 0 Å². The van der Waals surface area contributed by atoms with Crippen molar-refractivity contribution in [3.8, 4) is 5.75 Å². The average Bonchev–Trinajstić information content (AvgIpc) is 2.73. The van der Waals surface area contributed by atoms with Gasteiger partial charge in [-0.2, -0.15) is 0 Å². The summed E-state index contributed by atoms with van der Waals surface area (Å²) in [5.41, 5.74) is 2.10. The standard InChI is InChI=1S/C14H20N2O2S/c1-4-5-10(9-17-2)16-13-8-11(18-3)6-7-12(13)15-14(16)19/h6-8,10H,4-5,9H2,1-3H3,(H,15,19). The van der Waals surface area contributed by atoms with E-state index in [-0.39, 0.29) is 6.04 Å². The lowest BCUT2D eigenvalue weighted by Crippen LogP contribution is -2.14. The first kappa shape index (κ1) is 14.1. The molecule has 0 spiro atoms. The van der Waals surface area contributed by atoms with Gasteiger partial charge in [0.1, 0.15) is 5.75 Å². The lowest BCUT2D eigenvalue weighted by Gasteiger charge is -2.18. The first-order valence-electron chi connectivity index (χ1n) is 6.48. The van der Waals surface area contributed by atoms with Gasteiger partial charge in [0, 0.05) is 13.2 Å². The number of hydrogen-bond donors (Lipinski definition) is 1. The number of imidazole rings is 1. The summed E-state index contributed by atoms with van der Waals surface area (Å²) in [6, 6.07) is 6.20. The molecule has 5 heteroatoms. The van der Waals surface area contributed by atoms with Crippen LogP contribution in [0.4, 0.5) is 0 Å². The van der Waals surface area contributed by atoms with Crippen molar-refractivity contribution in [2.45, 2.75) is 25.8 Å². The molecule has 1 aromatic heterocycles. The molecule has 0 radical (unpaired) electrons. The number of H-pyrrole nitrogens is 1. The molecule has 0 aliphatic rings. The Kier molecular flexibility index (Phi) is 4.61. The maximum absolute atomic E-state index is 5.45. The molecule has 1 unspecified atom stereocenters. The van der Waals surface area contributed by atoms with Gasteiger partial charge in [-0.1, -0.05) is 13.3 Å². The summed E-state index contributed by atoms with van der Waals surface area (Å²) in [6.07, 6.45) is 2.12. The largest absolute Gasteiger partial charge is 0.497 e. The molecule has 0 fully saturated rings. The minimum atomic E-state index is 0.253. The molecule has 0 aliphatic carbocycles. The van der Waals surface area contributed by atoms with E-state index in [9.17, 15) is 0 Å². The lowest BCUT2D eigenvalue weighted by molar-refractivity contribution is 0.151. The van der Waals surface area contributed by atoms with Crippen LogP contribution in [0, 0.1) is 4.77 Å². The predicted molar refractivity (Wildman–Crippen MR) is 79.5 cm³/mol. The molecule has 1 heterocycles. The van der Waals surface area contributed by atoms with E-state index in [0.29, 0.717) is 6.61 Å². The second-order valence-corrected chi connectivity index (χ2v) is 4.97. The van der Waals surface area contributed by atoms with Crippen molar-refractivity contribution in [1.29, 1.82) is 0 Å². The van der Waals surface area contributed by atoms with E-state index in [2.05, 4.69) is 16.5 Å². The molecule has 2 rings (SSSR count). The topological polar surface area (TPSA) is 39.2 Å². The number of nitrogens with one attached hydrogen (secondary N) is 1. The van der Waals surface area contributed by atoms with Crippen LogP contribution < -0.4 is 4.74 Å². The molecule has 2 aromatic rings. The quantitative estimate of drug-likeness (QED) is 0.820.